The van der Waals surface area contributed by atoms with Gasteiger partial charge in [-0.25, -0.2) is 24.8 Å². The molecule has 1 aliphatic heterocycles. The number of hydrogen-bond donors (Lipinski definition) is 0. The van der Waals surface area contributed by atoms with E-state index in [-0.39, 0.29) is 19.6 Å². The molecule has 3 aromatic rings. The van der Waals surface area contributed by atoms with Gasteiger partial charge in [-0.15, -0.1) is 0 Å². The van der Waals surface area contributed by atoms with Gasteiger partial charge in [-0.05, 0) is 31.9 Å². The second-order valence-electron chi connectivity index (χ2n) is 11.9. The van der Waals surface area contributed by atoms with Crippen molar-refractivity contribution < 1.29 is 13.2 Å². The third-order valence-electron chi connectivity index (χ3n) is 7.70. The second-order valence-corrected chi connectivity index (χ2v) is 20.0. The van der Waals surface area contributed by atoms with Crippen molar-refractivity contribution in [1.29, 1.82) is 0 Å². The Kier molecular flexibility index (Phi) is 6.51. The van der Waals surface area contributed by atoms with E-state index in [9.17, 15) is 8.42 Å². The zero-order valence-electron chi connectivity index (χ0n) is 22.3. The van der Waals surface area contributed by atoms with Crippen molar-refractivity contribution in [1.82, 2.24) is 23.6 Å². The minimum absolute atomic E-state index is 0.128. The zero-order chi connectivity index (χ0) is 27.3. The molecule has 38 heavy (non-hydrogen) atoms. The molecule has 0 atom stereocenters. The maximum atomic E-state index is 13.0. The van der Waals surface area contributed by atoms with E-state index in [0.29, 0.717) is 31.9 Å². The fourth-order valence-electron chi connectivity index (χ4n) is 4.86. The van der Waals surface area contributed by atoms with Gasteiger partial charge in [0.1, 0.15) is 12.4 Å². The largest absolute Gasteiger partial charge is 0.361 e. The molecule has 0 radical (unpaired) electrons. The van der Waals surface area contributed by atoms with Gasteiger partial charge in [0.15, 0.2) is 5.54 Å². The van der Waals surface area contributed by atoms with Gasteiger partial charge in [0.2, 0.25) is 22.3 Å². The first-order valence-electron chi connectivity index (χ1n) is 12.7. The van der Waals surface area contributed by atoms with E-state index in [0.717, 1.165) is 28.2 Å². The quantitative estimate of drug-likeness (QED) is 0.209. The van der Waals surface area contributed by atoms with Crippen LogP contribution in [0.15, 0.2) is 30.9 Å². The minimum Gasteiger partial charge on any atom is -0.361 e. The molecule has 1 saturated heterocycles. The van der Waals surface area contributed by atoms with E-state index < -0.39 is 28.4 Å². The Morgan fingerprint density at radius 3 is 2.55 bits per heavy atom. The van der Waals surface area contributed by atoms with E-state index in [1.54, 1.807) is 24.0 Å². The van der Waals surface area contributed by atoms with Gasteiger partial charge in [0.25, 0.3) is 0 Å². The molecule has 3 aromatic heterocycles. The lowest BCUT2D eigenvalue weighted by Crippen LogP contribution is -2.67. The first-order valence-corrected chi connectivity index (χ1v) is 17.9. The number of pyridine rings is 1. The van der Waals surface area contributed by atoms with Crippen LogP contribution in [0.4, 0.5) is 5.69 Å². The van der Waals surface area contributed by atoms with E-state index >= 15 is 0 Å². The lowest BCUT2D eigenvalue weighted by Gasteiger charge is -2.46. The Bertz CT molecular complexity index is 1560. The van der Waals surface area contributed by atoms with Gasteiger partial charge in [0, 0.05) is 62.9 Å². The number of rotatable bonds is 10. The number of ether oxygens (including phenoxy) is 1. The van der Waals surface area contributed by atoms with Crippen molar-refractivity contribution in [2.45, 2.75) is 62.5 Å². The summed E-state index contributed by atoms with van der Waals surface area (Å²) in [6, 6.07) is 3.02. The summed E-state index contributed by atoms with van der Waals surface area (Å²) in [5.41, 5.74) is 1.87. The third-order valence-corrected chi connectivity index (χ3v) is 12.0. The SMILES string of the molecule is [C-]#[N+]CC1(n2cc(-c3c([N+]#[C-])cnc4c3ccn4COCC[Si](C)(C)C)cn2)CN(S(=O)(=O)C2(C)CC2)C1. The molecule has 1 saturated carbocycles. The molecule has 5 rings (SSSR count). The van der Waals surface area contributed by atoms with Crippen LogP contribution in [0.25, 0.3) is 31.9 Å². The highest BCUT2D eigenvalue weighted by atomic mass is 32.2. The van der Waals surface area contributed by atoms with Crippen LogP contribution in [0.3, 0.4) is 0 Å². The summed E-state index contributed by atoms with van der Waals surface area (Å²) in [5.74, 6) is 0. The summed E-state index contributed by atoms with van der Waals surface area (Å²) < 4.78 is 36.4. The van der Waals surface area contributed by atoms with Crippen molar-refractivity contribution >= 4 is 34.8 Å². The Hall–Kier alpha value is -3.03. The molecule has 0 aromatic carbocycles. The van der Waals surface area contributed by atoms with Crippen LogP contribution >= 0.6 is 0 Å². The summed E-state index contributed by atoms with van der Waals surface area (Å²) >= 11 is 0. The highest BCUT2D eigenvalue weighted by molar-refractivity contribution is 7.90. The van der Waals surface area contributed by atoms with Crippen LogP contribution < -0.4 is 0 Å². The normalized spacial score (nSPS) is 18.6. The topological polar surface area (TPSA) is 91.0 Å². The summed E-state index contributed by atoms with van der Waals surface area (Å²) in [7, 11) is -4.58. The molecule has 12 heteroatoms. The number of fused-ring (bicyclic) bond motifs is 1. The highest BCUT2D eigenvalue weighted by Crippen LogP contribution is 2.48. The molecule has 1 aliphatic carbocycles. The minimum atomic E-state index is -3.40. The number of nitrogens with zero attached hydrogens (tertiary/aromatic N) is 7. The van der Waals surface area contributed by atoms with Crippen molar-refractivity contribution in [3.05, 3.63) is 53.7 Å². The summed E-state index contributed by atoms with van der Waals surface area (Å²) in [5, 5.41) is 5.40. The van der Waals surface area contributed by atoms with Crippen molar-refractivity contribution in [3.8, 4) is 11.1 Å². The van der Waals surface area contributed by atoms with Gasteiger partial charge < -0.3 is 14.1 Å². The Morgan fingerprint density at radius 1 is 1.18 bits per heavy atom. The summed E-state index contributed by atoms with van der Waals surface area (Å²) in [4.78, 5) is 11.9. The monoisotopic (exact) mass is 551 g/mol. The van der Waals surface area contributed by atoms with Crippen molar-refractivity contribution in [2.75, 3.05) is 26.2 Å². The lowest BCUT2D eigenvalue weighted by atomic mass is 9.92. The van der Waals surface area contributed by atoms with Crippen molar-refractivity contribution in [3.63, 3.8) is 0 Å². The lowest BCUT2D eigenvalue weighted by molar-refractivity contribution is 0.0821. The Labute approximate surface area is 224 Å². The van der Waals surface area contributed by atoms with Gasteiger partial charge in [0.05, 0.1) is 17.5 Å². The predicted molar refractivity (Wildman–Crippen MR) is 149 cm³/mol. The fraction of sp³-hybridized carbons (Fsp3) is 0.538. The molecule has 200 valence electrons. The zero-order valence-corrected chi connectivity index (χ0v) is 24.1. The molecule has 0 unspecified atom stereocenters. The molecule has 10 nitrogen and oxygen atoms in total. The van der Waals surface area contributed by atoms with Crippen LogP contribution in [0.1, 0.15) is 19.8 Å². The van der Waals surface area contributed by atoms with E-state index in [4.69, 9.17) is 17.9 Å². The van der Waals surface area contributed by atoms with Crippen LogP contribution in [0, 0.1) is 13.1 Å². The molecular formula is C26H33N7O3SSi. The van der Waals surface area contributed by atoms with E-state index in [1.165, 1.54) is 4.31 Å². The molecular weight excluding hydrogens is 518 g/mol. The van der Waals surface area contributed by atoms with Crippen molar-refractivity contribution in [2.24, 2.45) is 0 Å². The first-order chi connectivity index (χ1) is 17.9. The third kappa shape index (κ3) is 4.56. The van der Waals surface area contributed by atoms with E-state index in [1.807, 2.05) is 23.0 Å². The summed E-state index contributed by atoms with van der Waals surface area (Å²) in [6.07, 6.45) is 8.36. The number of sulfonamides is 1. The van der Waals surface area contributed by atoms with Crippen LogP contribution in [0.2, 0.25) is 25.7 Å². The van der Waals surface area contributed by atoms with Crippen LogP contribution in [0.5, 0.6) is 0 Å². The molecule has 0 bridgehead atoms. The highest BCUT2D eigenvalue weighted by Gasteiger charge is 2.60. The summed E-state index contributed by atoms with van der Waals surface area (Å²) in [6.45, 7) is 25.6. The van der Waals surface area contributed by atoms with Crippen LogP contribution in [-0.2, 0) is 27.0 Å². The maximum absolute atomic E-state index is 13.0. The molecule has 4 heterocycles. The number of hydrogen-bond acceptors (Lipinski definition) is 5. The Morgan fingerprint density at radius 2 is 1.92 bits per heavy atom. The maximum Gasteiger partial charge on any atom is 0.242 e. The smallest absolute Gasteiger partial charge is 0.242 e. The average Bonchev–Trinajstić information content (AvgIpc) is 3.25. The van der Waals surface area contributed by atoms with Gasteiger partial charge in [-0.3, -0.25) is 4.68 Å². The Balaban J connectivity index is 1.42. The fourth-order valence-corrected chi connectivity index (χ4v) is 7.68. The predicted octanol–water partition coefficient (Wildman–Crippen LogP) is 4.58. The standard InChI is InChI=1S/C26H33N7O3SSi/c1-25(8-9-25)37(34,35)32-17-26(18-32,16-27-2)33-15-20(13-30-33)23-21-7-10-31(19-36-11-12-38(4,5)6)24(21)29-14-22(23)28-3/h7,10,13-15H,8-9,11-12,16-19H2,1,4-6H3. The molecule has 2 fully saturated rings. The van der Waals surface area contributed by atoms with Gasteiger partial charge >= 0.3 is 0 Å². The average molecular weight is 552 g/mol. The first kappa shape index (κ1) is 26.6. The molecule has 2 aliphatic rings. The molecule has 0 spiro atoms. The second kappa shape index (κ2) is 9.31. The molecule has 0 amide bonds. The number of aromatic nitrogens is 4. The van der Waals surface area contributed by atoms with Gasteiger partial charge in [-0.1, -0.05) is 19.6 Å². The van der Waals surface area contributed by atoms with Crippen LogP contribution in [-0.4, -0.2) is 71.1 Å². The van der Waals surface area contributed by atoms with E-state index in [2.05, 4.69) is 39.4 Å². The van der Waals surface area contributed by atoms with Gasteiger partial charge in [-0.2, -0.15) is 9.40 Å². The molecule has 0 N–H and O–H groups in total.